The first kappa shape index (κ1) is 13.2. The van der Waals surface area contributed by atoms with E-state index in [-0.39, 0.29) is 5.91 Å². The number of aromatic amines is 1. The molecule has 0 saturated heterocycles. The van der Waals surface area contributed by atoms with Crippen LogP contribution in [0.4, 0.5) is 5.95 Å². The first-order chi connectivity index (χ1) is 10.3. The van der Waals surface area contributed by atoms with Crippen molar-refractivity contribution >= 4 is 22.9 Å². The minimum atomic E-state index is -0.211. The topological polar surface area (TPSA) is 67.0 Å². The molecule has 0 aliphatic heterocycles. The van der Waals surface area contributed by atoms with E-state index in [0.717, 1.165) is 16.8 Å². The number of amides is 1. The average Bonchev–Trinajstić information content (AvgIpc) is 2.90. The summed E-state index contributed by atoms with van der Waals surface area (Å²) in [6.45, 7) is 2.52. The highest BCUT2D eigenvalue weighted by Crippen LogP contribution is 2.16. The largest absolute Gasteiger partial charge is 0.494 e. The highest BCUT2D eigenvalue weighted by molar-refractivity contribution is 6.04. The number of benzene rings is 2. The quantitative estimate of drug-likeness (QED) is 0.771. The molecule has 0 radical (unpaired) electrons. The maximum Gasteiger partial charge on any atom is 0.257 e. The van der Waals surface area contributed by atoms with Crippen molar-refractivity contribution in [1.82, 2.24) is 9.97 Å². The smallest absolute Gasteiger partial charge is 0.257 e. The second-order valence-corrected chi connectivity index (χ2v) is 4.51. The van der Waals surface area contributed by atoms with E-state index in [4.69, 9.17) is 4.74 Å². The molecule has 0 saturated carbocycles. The Hall–Kier alpha value is -2.82. The van der Waals surface area contributed by atoms with Crippen LogP contribution in [0.15, 0.2) is 48.5 Å². The van der Waals surface area contributed by atoms with Crippen molar-refractivity contribution in [2.24, 2.45) is 0 Å². The third-order valence-electron chi connectivity index (χ3n) is 3.05. The number of para-hydroxylation sites is 2. The van der Waals surface area contributed by atoms with Crippen LogP contribution >= 0.6 is 0 Å². The molecule has 21 heavy (non-hydrogen) atoms. The number of imidazole rings is 1. The number of fused-ring (bicyclic) bond motifs is 1. The molecule has 3 aromatic rings. The lowest BCUT2D eigenvalue weighted by Gasteiger charge is -2.04. The fourth-order valence-electron chi connectivity index (χ4n) is 2.06. The minimum absolute atomic E-state index is 0.211. The van der Waals surface area contributed by atoms with Crippen molar-refractivity contribution in [3.8, 4) is 5.75 Å². The summed E-state index contributed by atoms with van der Waals surface area (Å²) >= 11 is 0. The second-order valence-electron chi connectivity index (χ2n) is 4.51. The molecule has 2 N–H and O–H groups in total. The van der Waals surface area contributed by atoms with E-state index in [1.807, 2.05) is 31.2 Å². The van der Waals surface area contributed by atoms with Crippen LogP contribution in [0, 0.1) is 0 Å². The number of nitrogens with one attached hydrogen (secondary N) is 2. The molecular weight excluding hydrogens is 266 g/mol. The summed E-state index contributed by atoms with van der Waals surface area (Å²) < 4.78 is 5.35. The van der Waals surface area contributed by atoms with Gasteiger partial charge < -0.3 is 9.72 Å². The van der Waals surface area contributed by atoms with Gasteiger partial charge in [0.2, 0.25) is 5.95 Å². The average molecular weight is 281 g/mol. The van der Waals surface area contributed by atoms with Gasteiger partial charge in [0.1, 0.15) is 5.75 Å². The van der Waals surface area contributed by atoms with E-state index in [9.17, 15) is 4.79 Å². The molecular formula is C16H15N3O2. The van der Waals surface area contributed by atoms with Crippen LogP contribution in [-0.4, -0.2) is 22.5 Å². The summed E-state index contributed by atoms with van der Waals surface area (Å²) in [4.78, 5) is 19.5. The number of aromatic nitrogens is 2. The van der Waals surface area contributed by atoms with Crippen molar-refractivity contribution < 1.29 is 9.53 Å². The fourth-order valence-corrected chi connectivity index (χ4v) is 2.06. The molecule has 1 aromatic heterocycles. The van der Waals surface area contributed by atoms with E-state index < -0.39 is 0 Å². The van der Waals surface area contributed by atoms with Crippen molar-refractivity contribution in [1.29, 1.82) is 0 Å². The van der Waals surface area contributed by atoms with Crippen molar-refractivity contribution in [2.45, 2.75) is 6.92 Å². The van der Waals surface area contributed by atoms with Crippen molar-refractivity contribution in [3.63, 3.8) is 0 Å². The van der Waals surface area contributed by atoms with Crippen LogP contribution in [0.5, 0.6) is 5.75 Å². The summed E-state index contributed by atoms with van der Waals surface area (Å²) in [6.07, 6.45) is 0. The SMILES string of the molecule is CCOc1ccc(C(=O)Nc2nc3ccccc3[nH]2)cc1. The first-order valence-electron chi connectivity index (χ1n) is 6.75. The zero-order chi connectivity index (χ0) is 14.7. The van der Waals surface area contributed by atoms with Gasteiger partial charge in [0.05, 0.1) is 17.6 Å². The van der Waals surface area contributed by atoms with Gasteiger partial charge in [-0.2, -0.15) is 0 Å². The van der Waals surface area contributed by atoms with Crippen LogP contribution in [0.3, 0.4) is 0 Å². The number of ether oxygens (including phenoxy) is 1. The monoisotopic (exact) mass is 281 g/mol. The molecule has 0 bridgehead atoms. The Morgan fingerprint density at radius 1 is 1.19 bits per heavy atom. The zero-order valence-corrected chi connectivity index (χ0v) is 11.6. The Morgan fingerprint density at radius 2 is 1.95 bits per heavy atom. The lowest BCUT2D eigenvalue weighted by molar-refractivity contribution is 0.102. The van der Waals surface area contributed by atoms with Crippen LogP contribution in [-0.2, 0) is 0 Å². The van der Waals surface area contributed by atoms with E-state index in [0.29, 0.717) is 18.1 Å². The maximum absolute atomic E-state index is 12.1. The molecule has 2 aromatic carbocycles. The summed E-state index contributed by atoms with van der Waals surface area (Å²) in [5, 5.41) is 2.75. The molecule has 1 amide bonds. The number of nitrogens with zero attached hydrogens (tertiary/aromatic N) is 1. The van der Waals surface area contributed by atoms with E-state index in [2.05, 4.69) is 15.3 Å². The van der Waals surface area contributed by atoms with E-state index in [1.54, 1.807) is 24.3 Å². The van der Waals surface area contributed by atoms with Gasteiger partial charge in [0.25, 0.3) is 5.91 Å². The lowest BCUT2D eigenvalue weighted by Crippen LogP contribution is -2.12. The standard InChI is InChI=1S/C16H15N3O2/c1-2-21-12-9-7-11(8-10-12)15(20)19-16-17-13-5-3-4-6-14(13)18-16/h3-10H,2H2,1H3,(H2,17,18,19,20). The summed E-state index contributed by atoms with van der Waals surface area (Å²) in [6, 6.07) is 14.6. The van der Waals surface area contributed by atoms with Gasteiger partial charge in [0, 0.05) is 5.56 Å². The van der Waals surface area contributed by atoms with Crippen LogP contribution in [0.25, 0.3) is 11.0 Å². The fraction of sp³-hybridized carbons (Fsp3) is 0.125. The molecule has 0 unspecified atom stereocenters. The molecule has 0 atom stereocenters. The van der Waals surface area contributed by atoms with Gasteiger partial charge in [0.15, 0.2) is 0 Å². The third-order valence-corrected chi connectivity index (χ3v) is 3.05. The molecule has 0 aliphatic carbocycles. The van der Waals surface area contributed by atoms with Gasteiger partial charge in [-0.1, -0.05) is 12.1 Å². The Balaban J connectivity index is 1.76. The molecule has 106 valence electrons. The summed E-state index contributed by atoms with van der Waals surface area (Å²) in [5.74, 6) is 0.977. The summed E-state index contributed by atoms with van der Waals surface area (Å²) in [5.41, 5.74) is 2.26. The normalized spacial score (nSPS) is 10.5. The second kappa shape index (κ2) is 5.66. The lowest BCUT2D eigenvalue weighted by atomic mass is 10.2. The molecule has 0 fully saturated rings. The molecule has 0 aliphatic rings. The number of hydrogen-bond donors (Lipinski definition) is 2. The third kappa shape index (κ3) is 2.86. The van der Waals surface area contributed by atoms with Crippen LogP contribution < -0.4 is 10.1 Å². The minimum Gasteiger partial charge on any atom is -0.494 e. The summed E-state index contributed by atoms with van der Waals surface area (Å²) in [7, 11) is 0. The van der Waals surface area contributed by atoms with Gasteiger partial charge >= 0.3 is 0 Å². The Bertz CT molecular complexity index is 730. The number of rotatable bonds is 4. The van der Waals surface area contributed by atoms with Crippen molar-refractivity contribution in [3.05, 3.63) is 54.1 Å². The molecule has 3 rings (SSSR count). The van der Waals surface area contributed by atoms with Crippen LogP contribution in [0.2, 0.25) is 0 Å². The number of carbonyl (C=O) groups is 1. The number of H-pyrrole nitrogens is 1. The zero-order valence-electron chi connectivity index (χ0n) is 11.6. The molecule has 0 spiro atoms. The predicted molar refractivity (Wildman–Crippen MR) is 81.7 cm³/mol. The number of anilines is 1. The number of hydrogen-bond acceptors (Lipinski definition) is 3. The maximum atomic E-state index is 12.1. The van der Waals surface area contributed by atoms with E-state index in [1.165, 1.54) is 0 Å². The number of carbonyl (C=O) groups excluding carboxylic acids is 1. The first-order valence-corrected chi connectivity index (χ1v) is 6.75. The Kier molecular flexibility index (Phi) is 3.55. The molecule has 1 heterocycles. The molecule has 5 heteroatoms. The predicted octanol–water partition coefficient (Wildman–Crippen LogP) is 3.21. The van der Waals surface area contributed by atoms with Gasteiger partial charge in [-0.25, -0.2) is 4.98 Å². The van der Waals surface area contributed by atoms with Crippen molar-refractivity contribution in [2.75, 3.05) is 11.9 Å². The highest BCUT2D eigenvalue weighted by atomic mass is 16.5. The van der Waals surface area contributed by atoms with Gasteiger partial charge in [-0.3, -0.25) is 10.1 Å². The Labute approximate surface area is 122 Å². The van der Waals surface area contributed by atoms with Gasteiger partial charge in [-0.05, 0) is 43.3 Å². The van der Waals surface area contributed by atoms with E-state index >= 15 is 0 Å². The van der Waals surface area contributed by atoms with Gasteiger partial charge in [-0.15, -0.1) is 0 Å². The highest BCUT2D eigenvalue weighted by Gasteiger charge is 2.09. The molecule has 5 nitrogen and oxygen atoms in total. The Morgan fingerprint density at radius 3 is 2.67 bits per heavy atom. The van der Waals surface area contributed by atoms with Crippen LogP contribution in [0.1, 0.15) is 17.3 Å².